The number of hydrogen-bond donors (Lipinski definition) is 1. The second-order valence-electron chi connectivity index (χ2n) is 5.51. The summed E-state index contributed by atoms with van der Waals surface area (Å²) in [5, 5.41) is 3.22. The first-order valence-corrected chi connectivity index (χ1v) is 7.94. The normalized spacial score (nSPS) is 21.4. The average Bonchev–Trinajstić information content (AvgIpc) is 2.85. The van der Waals surface area contributed by atoms with Gasteiger partial charge in [-0.15, -0.1) is 0 Å². The standard InChI is InChI=1S/C15H31N3O2/c1-5-16-14(15(19)20-7-3)12-17(4)11-13-9-8-10-18(13)6-2/h13-14,16H,5-12H2,1-4H3. The van der Waals surface area contributed by atoms with Crippen LogP contribution >= 0.6 is 0 Å². The molecule has 1 saturated heterocycles. The molecule has 0 aromatic rings. The molecule has 1 rings (SSSR count). The number of ether oxygens (including phenoxy) is 1. The third kappa shape index (κ3) is 5.38. The molecule has 0 amide bonds. The van der Waals surface area contributed by atoms with Crippen LogP contribution < -0.4 is 5.32 Å². The summed E-state index contributed by atoms with van der Waals surface area (Å²) in [6.07, 6.45) is 2.56. The maximum Gasteiger partial charge on any atom is 0.324 e. The highest BCUT2D eigenvalue weighted by molar-refractivity contribution is 5.76. The van der Waals surface area contributed by atoms with Crippen molar-refractivity contribution in [2.45, 2.75) is 45.7 Å². The minimum atomic E-state index is -0.221. The molecule has 5 heteroatoms. The summed E-state index contributed by atoms with van der Waals surface area (Å²) < 4.78 is 5.13. The Labute approximate surface area is 123 Å². The van der Waals surface area contributed by atoms with Gasteiger partial charge in [-0.05, 0) is 46.4 Å². The van der Waals surface area contributed by atoms with Gasteiger partial charge in [-0.1, -0.05) is 13.8 Å². The first-order chi connectivity index (χ1) is 9.62. The maximum atomic E-state index is 11.9. The summed E-state index contributed by atoms with van der Waals surface area (Å²) >= 11 is 0. The van der Waals surface area contributed by atoms with Crippen LogP contribution in [-0.2, 0) is 9.53 Å². The summed E-state index contributed by atoms with van der Waals surface area (Å²) in [6.45, 7) is 11.4. The molecule has 2 atom stereocenters. The molecule has 118 valence electrons. The molecule has 20 heavy (non-hydrogen) atoms. The Morgan fingerprint density at radius 1 is 1.45 bits per heavy atom. The van der Waals surface area contributed by atoms with Gasteiger partial charge in [0.05, 0.1) is 6.61 Å². The van der Waals surface area contributed by atoms with Crippen LogP contribution in [0, 0.1) is 0 Å². The van der Waals surface area contributed by atoms with Gasteiger partial charge in [-0.2, -0.15) is 0 Å². The zero-order valence-electron chi connectivity index (χ0n) is 13.5. The lowest BCUT2D eigenvalue weighted by molar-refractivity contribution is -0.146. The van der Waals surface area contributed by atoms with Crippen LogP contribution in [0.4, 0.5) is 0 Å². The predicted molar refractivity (Wildman–Crippen MR) is 81.9 cm³/mol. The Kier molecular flexibility index (Phi) is 8.11. The summed E-state index contributed by atoms with van der Waals surface area (Å²) in [5.41, 5.74) is 0. The molecule has 1 N–H and O–H groups in total. The van der Waals surface area contributed by atoms with Gasteiger partial charge in [0.2, 0.25) is 0 Å². The molecule has 1 heterocycles. The fraction of sp³-hybridized carbons (Fsp3) is 0.933. The van der Waals surface area contributed by atoms with Crippen molar-refractivity contribution in [1.29, 1.82) is 0 Å². The first kappa shape index (κ1) is 17.4. The smallest absolute Gasteiger partial charge is 0.324 e. The van der Waals surface area contributed by atoms with Crippen molar-refractivity contribution in [1.82, 2.24) is 15.1 Å². The lowest BCUT2D eigenvalue weighted by Crippen LogP contribution is -2.48. The van der Waals surface area contributed by atoms with Crippen LogP contribution in [0.1, 0.15) is 33.6 Å². The van der Waals surface area contributed by atoms with Crippen LogP contribution in [0.2, 0.25) is 0 Å². The van der Waals surface area contributed by atoms with Crippen molar-refractivity contribution in [2.75, 3.05) is 46.4 Å². The SMILES string of the molecule is CCNC(CN(C)CC1CCCN1CC)C(=O)OCC. The Balaban J connectivity index is 2.44. The number of likely N-dealkylation sites (tertiary alicyclic amines) is 1. The quantitative estimate of drug-likeness (QED) is 0.639. The van der Waals surface area contributed by atoms with Crippen molar-refractivity contribution in [2.24, 2.45) is 0 Å². The van der Waals surface area contributed by atoms with E-state index in [1.54, 1.807) is 0 Å². The Morgan fingerprint density at radius 3 is 2.80 bits per heavy atom. The molecule has 1 aliphatic rings. The summed E-state index contributed by atoms with van der Waals surface area (Å²) in [5.74, 6) is -0.139. The number of rotatable bonds is 9. The van der Waals surface area contributed by atoms with E-state index < -0.39 is 0 Å². The zero-order chi connectivity index (χ0) is 15.0. The Morgan fingerprint density at radius 2 is 2.20 bits per heavy atom. The Hall–Kier alpha value is -0.650. The zero-order valence-corrected chi connectivity index (χ0v) is 13.5. The van der Waals surface area contributed by atoms with Crippen LogP contribution in [0.5, 0.6) is 0 Å². The number of hydrogen-bond acceptors (Lipinski definition) is 5. The molecule has 1 aliphatic heterocycles. The van der Waals surface area contributed by atoms with Crippen molar-refractivity contribution in [3.05, 3.63) is 0 Å². The summed E-state index contributed by atoms with van der Waals surface area (Å²) in [4.78, 5) is 16.7. The minimum Gasteiger partial charge on any atom is -0.465 e. The van der Waals surface area contributed by atoms with E-state index in [-0.39, 0.29) is 12.0 Å². The maximum absolute atomic E-state index is 11.9. The van der Waals surface area contributed by atoms with Gasteiger partial charge >= 0.3 is 5.97 Å². The van der Waals surface area contributed by atoms with Gasteiger partial charge in [0, 0.05) is 19.1 Å². The lowest BCUT2D eigenvalue weighted by Gasteiger charge is -2.29. The number of nitrogens with zero attached hydrogens (tertiary/aromatic N) is 2. The largest absolute Gasteiger partial charge is 0.465 e. The van der Waals surface area contributed by atoms with E-state index in [1.165, 1.54) is 19.4 Å². The monoisotopic (exact) mass is 285 g/mol. The van der Waals surface area contributed by atoms with E-state index >= 15 is 0 Å². The Bertz CT molecular complexity index is 286. The molecule has 0 bridgehead atoms. The van der Waals surface area contributed by atoms with E-state index in [0.717, 1.165) is 19.6 Å². The molecular weight excluding hydrogens is 254 g/mol. The van der Waals surface area contributed by atoms with Gasteiger partial charge in [0.1, 0.15) is 6.04 Å². The highest BCUT2D eigenvalue weighted by Gasteiger charge is 2.26. The number of carbonyl (C=O) groups excluding carboxylic acids is 1. The van der Waals surface area contributed by atoms with Gasteiger partial charge in [-0.3, -0.25) is 9.69 Å². The van der Waals surface area contributed by atoms with Gasteiger partial charge < -0.3 is 15.0 Å². The lowest BCUT2D eigenvalue weighted by atomic mass is 10.2. The molecule has 0 aromatic heterocycles. The molecule has 0 spiro atoms. The molecule has 0 aliphatic carbocycles. The number of esters is 1. The molecule has 2 unspecified atom stereocenters. The second kappa shape index (κ2) is 9.32. The van der Waals surface area contributed by atoms with E-state index in [9.17, 15) is 4.79 Å². The van der Waals surface area contributed by atoms with Crippen LogP contribution in [0.25, 0.3) is 0 Å². The van der Waals surface area contributed by atoms with E-state index in [2.05, 4.69) is 29.1 Å². The van der Waals surface area contributed by atoms with Crippen molar-refractivity contribution < 1.29 is 9.53 Å². The van der Waals surface area contributed by atoms with Crippen molar-refractivity contribution >= 4 is 5.97 Å². The fourth-order valence-electron chi connectivity index (χ4n) is 2.98. The average molecular weight is 285 g/mol. The summed E-state index contributed by atoms with van der Waals surface area (Å²) in [7, 11) is 2.09. The first-order valence-electron chi connectivity index (χ1n) is 7.94. The van der Waals surface area contributed by atoms with Crippen LogP contribution in [0.3, 0.4) is 0 Å². The number of carbonyl (C=O) groups is 1. The molecular formula is C15H31N3O2. The van der Waals surface area contributed by atoms with E-state index in [0.29, 0.717) is 19.2 Å². The van der Waals surface area contributed by atoms with Crippen molar-refractivity contribution in [3.8, 4) is 0 Å². The molecule has 0 radical (unpaired) electrons. The van der Waals surface area contributed by atoms with Crippen LogP contribution in [0.15, 0.2) is 0 Å². The summed E-state index contributed by atoms with van der Waals surface area (Å²) in [6, 6.07) is 0.413. The van der Waals surface area contributed by atoms with Crippen LogP contribution in [-0.4, -0.2) is 74.2 Å². The molecule has 0 saturated carbocycles. The number of nitrogens with one attached hydrogen (secondary N) is 1. The highest BCUT2D eigenvalue weighted by Crippen LogP contribution is 2.17. The number of likely N-dealkylation sites (N-methyl/N-ethyl adjacent to an activating group) is 3. The van der Waals surface area contributed by atoms with Gasteiger partial charge in [0.25, 0.3) is 0 Å². The van der Waals surface area contributed by atoms with Gasteiger partial charge in [0.15, 0.2) is 0 Å². The van der Waals surface area contributed by atoms with Gasteiger partial charge in [-0.25, -0.2) is 0 Å². The second-order valence-corrected chi connectivity index (χ2v) is 5.51. The van der Waals surface area contributed by atoms with E-state index in [4.69, 9.17) is 4.74 Å². The molecule has 1 fully saturated rings. The third-order valence-electron chi connectivity index (χ3n) is 3.94. The molecule has 5 nitrogen and oxygen atoms in total. The van der Waals surface area contributed by atoms with E-state index in [1.807, 2.05) is 13.8 Å². The fourth-order valence-corrected chi connectivity index (χ4v) is 2.98. The van der Waals surface area contributed by atoms with Crippen molar-refractivity contribution in [3.63, 3.8) is 0 Å². The minimum absolute atomic E-state index is 0.139. The molecule has 0 aromatic carbocycles. The third-order valence-corrected chi connectivity index (χ3v) is 3.94. The highest BCUT2D eigenvalue weighted by atomic mass is 16.5. The predicted octanol–water partition coefficient (Wildman–Crippen LogP) is 0.944. The topological polar surface area (TPSA) is 44.8 Å².